The lowest BCUT2D eigenvalue weighted by molar-refractivity contribution is -0.127. The van der Waals surface area contributed by atoms with E-state index in [1.165, 1.54) is 10.7 Å². The van der Waals surface area contributed by atoms with Gasteiger partial charge in [0.25, 0.3) is 17.4 Å². The third-order valence-corrected chi connectivity index (χ3v) is 4.97. The quantitative estimate of drug-likeness (QED) is 0.651. The van der Waals surface area contributed by atoms with Crippen molar-refractivity contribution in [3.8, 4) is 0 Å². The highest BCUT2D eigenvalue weighted by Crippen LogP contribution is 2.48. The van der Waals surface area contributed by atoms with Crippen LogP contribution in [0.2, 0.25) is 0 Å². The van der Waals surface area contributed by atoms with E-state index in [1.54, 1.807) is 0 Å². The molecule has 2 saturated carbocycles. The van der Waals surface area contributed by atoms with E-state index in [2.05, 4.69) is 15.7 Å². The molecule has 0 atom stereocenters. The Hall–Kier alpha value is -2.12. The van der Waals surface area contributed by atoms with Crippen molar-refractivity contribution in [1.82, 2.24) is 20.4 Å². The number of amides is 2. The van der Waals surface area contributed by atoms with E-state index in [4.69, 9.17) is 0 Å². The Bertz CT molecular complexity index is 700. The number of carbonyl (C=O) groups is 2. The Morgan fingerprint density at radius 2 is 2.00 bits per heavy atom. The van der Waals surface area contributed by atoms with Gasteiger partial charge in [-0.3, -0.25) is 24.2 Å². The van der Waals surface area contributed by atoms with Crippen LogP contribution in [0.1, 0.15) is 49.5 Å². The zero-order valence-corrected chi connectivity index (χ0v) is 13.8. The average molecular weight is 338 g/mol. The van der Waals surface area contributed by atoms with E-state index in [1.807, 2.05) is 6.92 Å². The molecule has 7 nitrogen and oxygen atoms in total. The maximum absolute atomic E-state index is 13.6. The summed E-state index contributed by atoms with van der Waals surface area (Å²) >= 11 is 0. The van der Waals surface area contributed by atoms with E-state index in [-0.39, 0.29) is 22.6 Å². The van der Waals surface area contributed by atoms with Crippen molar-refractivity contribution in [3.63, 3.8) is 0 Å². The number of aromatic nitrogens is 2. The second-order valence-electron chi connectivity index (χ2n) is 6.91. The summed E-state index contributed by atoms with van der Waals surface area (Å²) in [4.78, 5) is 35.2. The van der Waals surface area contributed by atoms with E-state index >= 15 is 0 Å². The van der Waals surface area contributed by atoms with Gasteiger partial charge in [0.2, 0.25) is 0 Å². The molecule has 24 heavy (non-hydrogen) atoms. The van der Waals surface area contributed by atoms with Crippen molar-refractivity contribution in [2.24, 2.45) is 5.41 Å². The van der Waals surface area contributed by atoms with Gasteiger partial charge in [0, 0.05) is 25.7 Å². The molecule has 1 heterocycles. The van der Waals surface area contributed by atoms with Gasteiger partial charge in [0.15, 0.2) is 5.67 Å². The number of nitrogens with zero attached hydrogens (tertiary/aromatic N) is 1. The molecule has 2 aliphatic rings. The van der Waals surface area contributed by atoms with Gasteiger partial charge in [-0.2, -0.15) is 0 Å². The lowest BCUT2D eigenvalue weighted by Gasteiger charge is -2.17. The number of hydrogen-bond donors (Lipinski definition) is 3. The van der Waals surface area contributed by atoms with Gasteiger partial charge in [-0.25, -0.2) is 4.39 Å². The molecule has 0 spiro atoms. The van der Waals surface area contributed by atoms with Crippen molar-refractivity contribution in [2.75, 3.05) is 13.1 Å². The molecule has 0 aromatic carbocycles. The molecule has 0 saturated heterocycles. The van der Waals surface area contributed by atoms with Crippen molar-refractivity contribution in [2.45, 2.75) is 51.2 Å². The first-order chi connectivity index (χ1) is 11.4. The molecule has 2 aliphatic carbocycles. The van der Waals surface area contributed by atoms with E-state index < -0.39 is 11.6 Å². The molecule has 132 valence electrons. The summed E-state index contributed by atoms with van der Waals surface area (Å²) in [6.07, 6.45) is 3.28. The van der Waals surface area contributed by atoms with Crippen LogP contribution in [-0.4, -0.2) is 40.4 Å². The molecule has 1 aromatic rings. The minimum Gasteiger partial charge on any atom is -0.353 e. The molecule has 2 amide bonds. The third-order valence-electron chi connectivity index (χ3n) is 4.97. The van der Waals surface area contributed by atoms with E-state index in [0.29, 0.717) is 32.5 Å². The van der Waals surface area contributed by atoms with Gasteiger partial charge in [0.05, 0.1) is 0 Å². The first-order valence-corrected chi connectivity index (χ1v) is 8.43. The molecular weight excluding hydrogens is 315 g/mol. The van der Waals surface area contributed by atoms with Crippen LogP contribution in [0.3, 0.4) is 0 Å². The summed E-state index contributed by atoms with van der Waals surface area (Å²) in [5.41, 5.74) is -1.66. The number of halogens is 1. The van der Waals surface area contributed by atoms with E-state index in [0.717, 1.165) is 19.3 Å². The second-order valence-corrected chi connectivity index (χ2v) is 6.91. The number of carbonyl (C=O) groups excluding carboxylic acids is 2. The molecule has 3 N–H and O–H groups in total. The predicted octanol–water partition coefficient (Wildman–Crippen LogP) is 0.715. The van der Waals surface area contributed by atoms with Crippen LogP contribution in [0.15, 0.2) is 10.9 Å². The van der Waals surface area contributed by atoms with Crippen LogP contribution in [0, 0.1) is 5.41 Å². The number of alkyl halides is 1. The number of rotatable bonds is 8. The summed E-state index contributed by atoms with van der Waals surface area (Å²) in [5, 5.41) is 8.23. The minimum absolute atomic E-state index is 0.0308. The summed E-state index contributed by atoms with van der Waals surface area (Å²) in [7, 11) is 0. The Balaban J connectivity index is 1.43. The van der Waals surface area contributed by atoms with Crippen LogP contribution in [0.25, 0.3) is 0 Å². The fraction of sp³-hybridized carbons (Fsp3) is 0.688. The standard InChI is InChI=1S/C16H23FN4O3/c1-2-21-12(22)9-11(20-21)13(23)18-8-7-15(3-4-15)10-19-14(24)16(17)5-6-16/h9,20H,2-8,10H2,1H3,(H,18,23)(H,19,24). The predicted molar refractivity (Wildman–Crippen MR) is 85.4 cm³/mol. The van der Waals surface area contributed by atoms with Gasteiger partial charge >= 0.3 is 0 Å². The largest absolute Gasteiger partial charge is 0.353 e. The summed E-state index contributed by atoms with van der Waals surface area (Å²) in [5.74, 6) is -0.823. The lowest BCUT2D eigenvalue weighted by Crippen LogP contribution is -2.38. The molecular formula is C16H23FN4O3. The second kappa shape index (κ2) is 6.07. The van der Waals surface area contributed by atoms with Gasteiger partial charge in [-0.15, -0.1) is 0 Å². The lowest BCUT2D eigenvalue weighted by atomic mass is 10.0. The maximum Gasteiger partial charge on any atom is 0.269 e. The Morgan fingerprint density at radius 1 is 1.29 bits per heavy atom. The smallest absolute Gasteiger partial charge is 0.269 e. The molecule has 1 aromatic heterocycles. The normalized spacial score (nSPS) is 19.6. The highest BCUT2D eigenvalue weighted by Gasteiger charge is 2.52. The van der Waals surface area contributed by atoms with Crippen molar-refractivity contribution in [3.05, 3.63) is 22.1 Å². The van der Waals surface area contributed by atoms with Crippen LogP contribution in [0.5, 0.6) is 0 Å². The molecule has 3 rings (SSSR count). The highest BCUT2D eigenvalue weighted by atomic mass is 19.1. The Kier molecular flexibility index (Phi) is 4.23. The van der Waals surface area contributed by atoms with Crippen molar-refractivity contribution in [1.29, 1.82) is 0 Å². The molecule has 8 heteroatoms. The summed E-state index contributed by atoms with van der Waals surface area (Å²) in [6.45, 7) is 3.20. The Morgan fingerprint density at radius 3 is 2.54 bits per heavy atom. The number of aryl methyl sites for hydroxylation is 1. The number of hydrogen-bond acceptors (Lipinski definition) is 3. The van der Waals surface area contributed by atoms with Crippen molar-refractivity contribution >= 4 is 11.8 Å². The molecule has 0 radical (unpaired) electrons. The topological polar surface area (TPSA) is 96.0 Å². The fourth-order valence-corrected chi connectivity index (χ4v) is 2.78. The first-order valence-electron chi connectivity index (χ1n) is 8.43. The Labute approximate surface area is 139 Å². The number of nitrogens with one attached hydrogen (secondary N) is 3. The summed E-state index contributed by atoms with van der Waals surface area (Å²) < 4.78 is 15.0. The molecule has 0 unspecified atom stereocenters. The van der Waals surface area contributed by atoms with Gasteiger partial charge < -0.3 is 10.6 Å². The number of H-pyrrole nitrogens is 1. The molecule has 2 fully saturated rings. The zero-order chi connectivity index (χ0) is 17.4. The summed E-state index contributed by atoms with van der Waals surface area (Å²) in [6, 6.07) is 1.28. The number of aromatic amines is 1. The van der Waals surface area contributed by atoms with E-state index in [9.17, 15) is 18.8 Å². The van der Waals surface area contributed by atoms with Crippen LogP contribution >= 0.6 is 0 Å². The fourth-order valence-electron chi connectivity index (χ4n) is 2.78. The molecule has 0 bridgehead atoms. The third kappa shape index (κ3) is 3.52. The van der Waals surface area contributed by atoms with Gasteiger partial charge in [-0.05, 0) is 44.4 Å². The van der Waals surface area contributed by atoms with Crippen LogP contribution < -0.4 is 16.2 Å². The highest BCUT2D eigenvalue weighted by molar-refractivity contribution is 5.92. The monoisotopic (exact) mass is 338 g/mol. The van der Waals surface area contributed by atoms with Crippen LogP contribution in [0.4, 0.5) is 4.39 Å². The maximum atomic E-state index is 13.6. The van der Waals surface area contributed by atoms with Gasteiger partial charge in [-0.1, -0.05) is 0 Å². The SMILES string of the molecule is CCn1[nH]c(C(=O)NCCC2(CNC(=O)C3(F)CC3)CC2)cc1=O. The zero-order valence-electron chi connectivity index (χ0n) is 13.8. The van der Waals surface area contributed by atoms with Crippen molar-refractivity contribution < 1.29 is 14.0 Å². The van der Waals surface area contributed by atoms with Crippen LogP contribution in [-0.2, 0) is 11.3 Å². The van der Waals surface area contributed by atoms with Gasteiger partial charge in [0.1, 0.15) is 5.69 Å². The minimum atomic E-state index is -1.64. The average Bonchev–Trinajstić information content (AvgIpc) is 3.46. The molecule has 0 aliphatic heterocycles. The first kappa shape index (κ1) is 16.7.